The molecule has 2 aromatic rings. The highest BCUT2D eigenvalue weighted by Gasteiger charge is 2.39. The second kappa shape index (κ2) is 4.56. The van der Waals surface area contributed by atoms with E-state index in [4.69, 9.17) is 0 Å². The molecular formula is C14H17N3O3S. The maximum Gasteiger partial charge on any atom is 0.271 e. The molecule has 0 bridgehead atoms. The molecule has 0 unspecified atom stereocenters. The van der Waals surface area contributed by atoms with Crippen LogP contribution in [0.2, 0.25) is 0 Å². The van der Waals surface area contributed by atoms with Gasteiger partial charge in [0.25, 0.3) is 5.91 Å². The van der Waals surface area contributed by atoms with Crippen LogP contribution in [-0.2, 0) is 9.84 Å². The van der Waals surface area contributed by atoms with Crippen molar-refractivity contribution in [3.8, 4) is 0 Å². The van der Waals surface area contributed by atoms with Gasteiger partial charge in [0.2, 0.25) is 0 Å². The van der Waals surface area contributed by atoms with Gasteiger partial charge in [0.1, 0.15) is 11.3 Å². The Morgan fingerprint density at radius 1 is 1.48 bits per heavy atom. The molecule has 0 aromatic carbocycles. The van der Waals surface area contributed by atoms with E-state index in [-0.39, 0.29) is 17.4 Å². The average Bonchev–Trinajstić information content (AvgIpc) is 2.90. The second-order valence-electron chi connectivity index (χ2n) is 5.95. The van der Waals surface area contributed by atoms with Crippen molar-refractivity contribution >= 4 is 21.4 Å². The smallest absolute Gasteiger partial charge is 0.271 e. The van der Waals surface area contributed by atoms with Crippen LogP contribution in [0.25, 0.3) is 5.65 Å². The molecule has 7 heteroatoms. The molecule has 3 rings (SSSR count). The number of aromatic nitrogens is 2. The molecule has 1 atom stereocenters. The Morgan fingerprint density at radius 3 is 2.90 bits per heavy atom. The summed E-state index contributed by atoms with van der Waals surface area (Å²) in [6.45, 7) is 3.72. The van der Waals surface area contributed by atoms with Crippen molar-refractivity contribution < 1.29 is 13.2 Å². The zero-order chi connectivity index (χ0) is 15.3. The van der Waals surface area contributed by atoms with E-state index >= 15 is 0 Å². The zero-order valence-electron chi connectivity index (χ0n) is 12.0. The number of sulfone groups is 1. The Balaban J connectivity index is 1.84. The molecule has 1 N–H and O–H groups in total. The standard InChI is InChI=1S/C14H17N3O3S/c1-10-3-5-17-8-11(15-12(17)7-10)13(18)16-14(2)4-6-21(19,20)9-14/h3,5,7-8H,4,6,9H2,1-2H3,(H,16,18)/t14-/m1/s1. The fourth-order valence-electron chi connectivity index (χ4n) is 2.64. The summed E-state index contributed by atoms with van der Waals surface area (Å²) in [7, 11) is -3.05. The van der Waals surface area contributed by atoms with Gasteiger partial charge in [-0.1, -0.05) is 0 Å². The van der Waals surface area contributed by atoms with E-state index in [1.165, 1.54) is 0 Å². The van der Waals surface area contributed by atoms with E-state index < -0.39 is 15.4 Å². The van der Waals surface area contributed by atoms with Gasteiger partial charge >= 0.3 is 0 Å². The van der Waals surface area contributed by atoms with Gasteiger partial charge in [-0.25, -0.2) is 13.4 Å². The lowest BCUT2D eigenvalue weighted by molar-refractivity contribution is 0.0911. The summed E-state index contributed by atoms with van der Waals surface area (Å²) in [6.07, 6.45) is 3.93. The molecule has 0 spiro atoms. The summed E-state index contributed by atoms with van der Waals surface area (Å²) in [5.41, 5.74) is 1.35. The van der Waals surface area contributed by atoms with Crippen LogP contribution in [0.15, 0.2) is 24.5 Å². The first-order chi connectivity index (χ1) is 9.76. The largest absolute Gasteiger partial charge is 0.344 e. The minimum Gasteiger partial charge on any atom is -0.344 e. The summed E-state index contributed by atoms with van der Waals surface area (Å²) in [5, 5.41) is 2.81. The van der Waals surface area contributed by atoms with E-state index in [0.717, 1.165) is 5.56 Å². The molecule has 1 fully saturated rings. The number of aryl methyl sites for hydroxylation is 1. The van der Waals surface area contributed by atoms with Gasteiger partial charge in [-0.2, -0.15) is 0 Å². The number of pyridine rings is 1. The lowest BCUT2D eigenvalue weighted by atomic mass is 10.0. The van der Waals surface area contributed by atoms with Gasteiger partial charge in [-0.15, -0.1) is 0 Å². The summed E-state index contributed by atoms with van der Waals surface area (Å²) >= 11 is 0. The zero-order valence-corrected chi connectivity index (χ0v) is 12.8. The number of amides is 1. The lowest BCUT2D eigenvalue weighted by Gasteiger charge is -2.23. The van der Waals surface area contributed by atoms with Crippen molar-refractivity contribution in [3.63, 3.8) is 0 Å². The van der Waals surface area contributed by atoms with Crippen LogP contribution in [0, 0.1) is 6.92 Å². The molecule has 0 saturated carbocycles. The van der Waals surface area contributed by atoms with Crippen molar-refractivity contribution in [1.29, 1.82) is 0 Å². The molecule has 21 heavy (non-hydrogen) atoms. The highest BCUT2D eigenvalue weighted by atomic mass is 32.2. The van der Waals surface area contributed by atoms with E-state index in [1.54, 1.807) is 17.5 Å². The number of rotatable bonds is 2. The van der Waals surface area contributed by atoms with Gasteiger partial charge in [-0.3, -0.25) is 4.79 Å². The molecule has 0 radical (unpaired) electrons. The molecular weight excluding hydrogens is 290 g/mol. The Morgan fingerprint density at radius 2 is 2.24 bits per heavy atom. The summed E-state index contributed by atoms with van der Waals surface area (Å²) in [6, 6.07) is 3.82. The molecule has 112 valence electrons. The van der Waals surface area contributed by atoms with Crippen LogP contribution in [0.4, 0.5) is 0 Å². The number of carbonyl (C=O) groups excluding carboxylic acids is 1. The van der Waals surface area contributed by atoms with Gasteiger partial charge in [0.15, 0.2) is 9.84 Å². The van der Waals surface area contributed by atoms with Crippen LogP contribution in [0.5, 0.6) is 0 Å². The average molecular weight is 307 g/mol. The molecule has 1 aliphatic heterocycles. The third kappa shape index (κ3) is 2.78. The van der Waals surface area contributed by atoms with Crippen molar-refractivity contribution in [2.45, 2.75) is 25.8 Å². The molecule has 6 nitrogen and oxygen atoms in total. The maximum atomic E-state index is 12.3. The van der Waals surface area contributed by atoms with E-state index in [2.05, 4.69) is 10.3 Å². The number of imidazole rings is 1. The normalized spacial score (nSPS) is 24.3. The van der Waals surface area contributed by atoms with Crippen molar-refractivity contribution in [3.05, 3.63) is 35.8 Å². The van der Waals surface area contributed by atoms with Crippen LogP contribution in [0.1, 0.15) is 29.4 Å². The molecule has 1 amide bonds. The number of nitrogens with zero attached hydrogens (tertiary/aromatic N) is 2. The predicted octanol–water partition coefficient (Wildman–Crippen LogP) is 0.950. The fourth-order valence-corrected chi connectivity index (χ4v) is 4.73. The van der Waals surface area contributed by atoms with E-state index in [9.17, 15) is 13.2 Å². The first-order valence-corrected chi connectivity index (χ1v) is 8.57. The van der Waals surface area contributed by atoms with Crippen molar-refractivity contribution in [2.24, 2.45) is 0 Å². The van der Waals surface area contributed by atoms with Gasteiger partial charge in [0, 0.05) is 12.4 Å². The number of nitrogens with one attached hydrogen (secondary N) is 1. The number of carbonyl (C=O) groups is 1. The van der Waals surface area contributed by atoms with Crippen LogP contribution < -0.4 is 5.32 Å². The van der Waals surface area contributed by atoms with Gasteiger partial charge in [-0.05, 0) is 38.0 Å². The topological polar surface area (TPSA) is 80.5 Å². The van der Waals surface area contributed by atoms with Crippen LogP contribution >= 0.6 is 0 Å². The number of fused-ring (bicyclic) bond motifs is 1. The molecule has 2 aromatic heterocycles. The second-order valence-corrected chi connectivity index (χ2v) is 8.14. The summed E-state index contributed by atoms with van der Waals surface area (Å²) < 4.78 is 24.9. The van der Waals surface area contributed by atoms with Gasteiger partial charge in [0.05, 0.1) is 17.0 Å². The van der Waals surface area contributed by atoms with Crippen LogP contribution in [0.3, 0.4) is 0 Å². The molecule has 1 saturated heterocycles. The fraction of sp³-hybridized carbons (Fsp3) is 0.429. The Kier molecular flexibility index (Phi) is 3.05. The first kappa shape index (κ1) is 14.1. The van der Waals surface area contributed by atoms with Gasteiger partial charge < -0.3 is 9.72 Å². The Labute approximate surface area is 123 Å². The molecule has 3 heterocycles. The van der Waals surface area contributed by atoms with E-state index in [1.807, 2.05) is 25.3 Å². The minimum absolute atomic E-state index is 0.0157. The molecule has 0 aliphatic carbocycles. The number of hydrogen-bond acceptors (Lipinski definition) is 4. The monoisotopic (exact) mass is 307 g/mol. The third-order valence-electron chi connectivity index (χ3n) is 3.77. The van der Waals surface area contributed by atoms with Crippen molar-refractivity contribution in [2.75, 3.05) is 11.5 Å². The third-order valence-corrected chi connectivity index (χ3v) is 5.67. The summed E-state index contributed by atoms with van der Waals surface area (Å²) in [4.78, 5) is 16.6. The Hall–Kier alpha value is -1.89. The number of hydrogen-bond donors (Lipinski definition) is 1. The molecule has 1 aliphatic rings. The predicted molar refractivity (Wildman–Crippen MR) is 79.1 cm³/mol. The van der Waals surface area contributed by atoms with E-state index in [0.29, 0.717) is 17.8 Å². The highest BCUT2D eigenvalue weighted by molar-refractivity contribution is 7.91. The first-order valence-electron chi connectivity index (χ1n) is 6.75. The minimum atomic E-state index is -3.05. The lowest BCUT2D eigenvalue weighted by Crippen LogP contribution is -2.47. The highest BCUT2D eigenvalue weighted by Crippen LogP contribution is 2.23. The van der Waals surface area contributed by atoms with Crippen molar-refractivity contribution in [1.82, 2.24) is 14.7 Å². The maximum absolute atomic E-state index is 12.3. The summed E-state index contributed by atoms with van der Waals surface area (Å²) in [5.74, 6) is -0.234. The Bertz CT molecular complexity index is 825. The SMILES string of the molecule is Cc1ccn2cc(C(=O)N[C@]3(C)CCS(=O)(=O)C3)nc2c1. The van der Waals surface area contributed by atoms with Crippen LogP contribution in [-0.4, -0.2) is 40.8 Å². The quantitative estimate of drug-likeness (QED) is 0.896.